The molecule has 0 fully saturated rings. The highest BCUT2D eigenvalue weighted by molar-refractivity contribution is 7.89. The number of sulfonamides is 1. The SMILES string of the molecule is Cc1cc(CNc2ccccc2S(N)(=O)=O)no1. The molecule has 0 aliphatic rings. The molecule has 7 heteroatoms. The van der Waals surface area contributed by atoms with Gasteiger partial charge in [0, 0.05) is 6.07 Å². The van der Waals surface area contributed by atoms with Gasteiger partial charge in [0.2, 0.25) is 10.0 Å². The summed E-state index contributed by atoms with van der Waals surface area (Å²) in [6.45, 7) is 2.15. The normalized spacial score (nSPS) is 11.4. The fraction of sp³-hybridized carbons (Fsp3) is 0.182. The first kappa shape index (κ1) is 12.6. The predicted molar refractivity (Wildman–Crippen MR) is 66.4 cm³/mol. The highest BCUT2D eigenvalue weighted by Crippen LogP contribution is 2.19. The second kappa shape index (κ2) is 4.79. The molecule has 96 valence electrons. The quantitative estimate of drug-likeness (QED) is 0.868. The van der Waals surface area contributed by atoms with Crippen molar-refractivity contribution >= 4 is 15.7 Å². The van der Waals surface area contributed by atoms with E-state index >= 15 is 0 Å². The van der Waals surface area contributed by atoms with Crippen LogP contribution in [0.1, 0.15) is 11.5 Å². The highest BCUT2D eigenvalue weighted by Gasteiger charge is 2.13. The molecule has 18 heavy (non-hydrogen) atoms. The summed E-state index contributed by atoms with van der Waals surface area (Å²) in [5, 5.41) is 11.9. The summed E-state index contributed by atoms with van der Waals surface area (Å²) in [6, 6.07) is 8.21. The first-order valence-electron chi connectivity index (χ1n) is 5.25. The van der Waals surface area contributed by atoms with E-state index in [1.165, 1.54) is 6.07 Å². The molecule has 0 saturated carbocycles. The largest absolute Gasteiger partial charge is 0.378 e. The fourth-order valence-corrected chi connectivity index (χ4v) is 2.26. The molecule has 1 aromatic heterocycles. The molecule has 0 spiro atoms. The summed E-state index contributed by atoms with van der Waals surface area (Å²) in [7, 11) is -3.74. The minimum Gasteiger partial charge on any atom is -0.378 e. The van der Waals surface area contributed by atoms with Gasteiger partial charge in [-0.25, -0.2) is 13.6 Å². The van der Waals surface area contributed by atoms with Gasteiger partial charge >= 0.3 is 0 Å². The van der Waals surface area contributed by atoms with Crippen molar-refractivity contribution in [3.63, 3.8) is 0 Å². The lowest BCUT2D eigenvalue weighted by atomic mass is 10.3. The third-order valence-electron chi connectivity index (χ3n) is 2.33. The average Bonchev–Trinajstić information content (AvgIpc) is 2.72. The maximum atomic E-state index is 11.4. The third kappa shape index (κ3) is 2.88. The van der Waals surface area contributed by atoms with Crippen molar-refractivity contribution in [2.75, 3.05) is 5.32 Å². The Morgan fingerprint density at radius 2 is 2.11 bits per heavy atom. The van der Waals surface area contributed by atoms with E-state index in [9.17, 15) is 8.42 Å². The van der Waals surface area contributed by atoms with Gasteiger partial charge in [-0.1, -0.05) is 17.3 Å². The van der Waals surface area contributed by atoms with Crippen LogP contribution in [-0.4, -0.2) is 13.6 Å². The van der Waals surface area contributed by atoms with Crippen molar-refractivity contribution in [3.8, 4) is 0 Å². The Kier molecular flexibility index (Phi) is 3.35. The van der Waals surface area contributed by atoms with Crippen LogP contribution in [0.15, 0.2) is 39.8 Å². The molecule has 2 aromatic rings. The van der Waals surface area contributed by atoms with Crippen LogP contribution in [0.25, 0.3) is 0 Å². The van der Waals surface area contributed by atoms with E-state index < -0.39 is 10.0 Å². The lowest BCUT2D eigenvalue weighted by molar-refractivity contribution is 0.391. The van der Waals surface area contributed by atoms with Gasteiger partial charge in [-0.2, -0.15) is 0 Å². The Morgan fingerprint density at radius 1 is 1.39 bits per heavy atom. The predicted octanol–water partition coefficient (Wildman–Crippen LogP) is 1.24. The zero-order chi connectivity index (χ0) is 13.2. The van der Waals surface area contributed by atoms with Crippen LogP contribution < -0.4 is 10.5 Å². The minimum atomic E-state index is -3.74. The van der Waals surface area contributed by atoms with Crippen LogP contribution in [0.2, 0.25) is 0 Å². The summed E-state index contributed by atoms with van der Waals surface area (Å²) < 4.78 is 27.7. The average molecular weight is 267 g/mol. The van der Waals surface area contributed by atoms with E-state index in [0.717, 1.165) is 0 Å². The Morgan fingerprint density at radius 3 is 2.72 bits per heavy atom. The molecule has 0 saturated heterocycles. The van der Waals surface area contributed by atoms with Crippen molar-refractivity contribution in [1.29, 1.82) is 0 Å². The van der Waals surface area contributed by atoms with Crippen molar-refractivity contribution < 1.29 is 12.9 Å². The monoisotopic (exact) mass is 267 g/mol. The van der Waals surface area contributed by atoms with Crippen LogP contribution in [-0.2, 0) is 16.6 Å². The number of rotatable bonds is 4. The van der Waals surface area contributed by atoms with Gasteiger partial charge < -0.3 is 9.84 Å². The minimum absolute atomic E-state index is 0.0604. The number of benzene rings is 1. The Labute approximate surface area is 105 Å². The van der Waals surface area contributed by atoms with Crippen LogP contribution >= 0.6 is 0 Å². The van der Waals surface area contributed by atoms with Crippen LogP contribution in [0.5, 0.6) is 0 Å². The lowest BCUT2D eigenvalue weighted by Gasteiger charge is -2.08. The van der Waals surface area contributed by atoms with E-state index in [0.29, 0.717) is 23.7 Å². The Hall–Kier alpha value is -1.86. The van der Waals surface area contributed by atoms with Gasteiger partial charge in [0.25, 0.3) is 0 Å². The fourth-order valence-electron chi connectivity index (χ4n) is 1.55. The number of hydrogen-bond acceptors (Lipinski definition) is 5. The smallest absolute Gasteiger partial charge is 0.240 e. The van der Waals surface area contributed by atoms with Gasteiger partial charge in [0.1, 0.15) is 16.3 Å². The molecular formula is C11H13N3O3S. The summed E-state index contributed by atoms with van der Waals surface area (Å²) in [4.78, 5) is 0.0604. The maximum Gasteiger partial charge on any atom is 0.240 e. The molecule has 0 aliphatic heterocycles. The van der Waals surface area contributed by atoms with Gasteiger partial charge in [-0.15, -0.1) is 0 Å². The van der Waals surface area contributed by atoms with Gasteiger partial charge in [-0.05, 0) is 19.1 Å². The first-order chi connectivity index (χ1) is 8.47. The number of anilines is 1. The second-order valence-electron chi connectivity index (χ2n) is 3.82. The second-order valence-corrected chi connectivity index (χ2v) is 5.35. The van der Waals surface area contributed by atoms with E-state index in [4.69, 9.17) is 9.66 Å². The van der Waals surface area contributed by atoms with Gasteiger partial charge in [0.05, 0.1) is 12.2 Å². The van der Waals surface area contributed by atoms with Crippen molar-refractivity contribution in [2.24, 2.45) is 5.14 Å². The molecule has 0 bridgehead atoms. The van der Waals surface area contributed by atoms with E-state index in [1.54, 1.807) is 31.2 Å². The molecule has 0 amide bonds. The summed E-state index contributed by atoms with van der Waals surface area (Å²) in [5.74, 6) is 0.700. The number of aryl methyl sites for hydroxylation is 1. The molecule has 0 radical (unpaired) electrons. The molecule has 2 rings (SSSR count). The highest BCUT2D eigenvalue weighted by atomic mass is 32.2. The summed E-state index contributed by atoms with van der Waals surface area (Å²) in [5.41, 5.74) is 1.14. The number of nitrogens with zero attached hydrogens (tertiary/aromatic N) is 1. The molecule has 6 nitrogen and oxygen atoms in total. The van der Waals surface area contributed by atoms with E-state index in [1.807, 2.05) is 0 Å². The molecule has 1 aromatic carbocycles. The van der Waals surface area contributed by atoms with E-state index in [2.05, 4.69) is 10.5 Å². The number of hydrogen-bond donors (Lipinski definition) is 2. The molecule has 0 atom stereocenters. The molecule has 0 unspecified atom stereocenters. The molecular weight excluding hydrogens is 254 g/mol. The number of primary sulfonamides is 1. The van der Waals surface area contributed by atoms with Crippen LogP contribution in [0.4, 0.5) is 5.69 Å². The summed E-state index contributed by atoms with van der Waals surface area (Å²) in [6.07, 6.45) is 0. The number of nitrogens with two attached hydrogens (primary N) is 1. The lowest BCUT2D eigenvalue weighted by Crippen LogP contribution is -2.15. The standard InChI is InChI=1S/C11H13N3O3S/c1-8-6-9(14-17-8)7-13-10-4-2-3-5-11(10)18(12,15)16/h2-6,13H,7H2,1H3,(H2,12,15,16). The van der Waals surface area contributed by atoms with Crippen molar-refractivity contribution in [1.82, 2.24) is 5.16 Å². The Bertz CT molecular complexity index is 649. The number of aromatic nitrogens is 1. The first-order valence-corrected chi connectivity index (χ1v) is 6.79. The molecule has 0 aliphatic carbocycles. The van der Waals surface area contributed by atoms with Crippen LogP contribution in [0.3, 0.4) is 0 Å². The van der Waals surface area contributed by atoms with Crippen molar-refractivity contribution in [3.05, 3.63) is 41.8 Å². The number of para-hydroxylation sites is 1. The number of nitrogens with one attached hydrogen (secondary N) is 1. The summed E-state index contributed by atoms with van der Waals surface area (Å²) >= 11 is 0. The topological polar surface area (TPSA) is 98.2 Å². The zero-order valence-corrected chi connectivity index (χ0v) is 10.6. The van der Waals surface area contributed by atoms with E-state index in [-0.39, 0.29) is 4.90 Å². The molecule has 1 heterocycles. The van der Waals surface area contributed by atoms with Gasteiger partial charge in [0.15, 0.2) is 0 Å². The van der Waals surface area contributed by atoms with Crippen molar-refractivity contribution in [2.45, 2.75) is 18.4 Å². The Balaban J connectivity index is 2.20. The van der Waals surface area contributed by atoms with Gasteiger partial charge in [-0.3, -0.25) is 0 Å². The third-order valence-corrected chi connectivity index (χ3v) is 3.30. The zero-order valence-electron chi connectivity index (χ0n) is 9.75. The molecule has 3 N–H and O–H groups in total. The maximum absolute atomic E-state index is 11.4. The van der Waals surface area contributed by atoms with Crippen LogP contribution in [0, 0.1) is 6.92 Å².